The first kappa shape index (κ1) is 14.7. The van der Waals surface area contributed by atoms with Gasteiger partial charge in [-0.15, -0.1) is 0 Å². The minimum atomic E-state index is 0.184. The van der Waals surface area contributed by atoms with Crippen LogP contribution in [0.25, 0.3) is 0 Å². The van der Waals surface area contributed by atoms with Gasteiger partial charge >= 0.3 is 0 Å². The van der Waals surface area contributed by atoms with Crippen LogP contribution in [0.5, 0.6) is 0 Å². The van der Waals surface area contributed by atoms with Crippen LogP contribution in [-0.4, -0.2) is 34.3 Å². The number of hydrogen-bond donors (Lipinski definition) is 2. The number of nitrogen functional groups attached to an aromatic ring is 1. The van der Waals surface area contributed by atoms with E-state index in [4.69, 9.17) is 10.8 Å². The number of nitrogens with two attached hydrogens (primary N) is 1. The number of aliphatic hydroxyl groups excluding tert-OH is 1. The van der Waals surface area contributed by atoms with Gasteiger partial charge in [-0.1, -0.05) is 6.92 Å². The van der Waals surface area contributed by atoms with Crippen LogP contribution in [0, 0.1) is 6.92 Å². The lowest BCUT2D eigenvalue weighted by Crippen LogP contribution is -2.34. The van der Waals surface area contributed by atoms with Gasteiger partial charge in [0.05, 0.1) is 0 Å². The highest BCUT2D eigenvalue weighted by molar-refractivity contribution is 5.56. The summed E-state index contributed by atoms with van der Waals surface area (Å²) in [6.45, 7) is 9.14. The molecule has 1 rings (SSSR count). The molecule has 0 aliphatic carbocycles. The Morgan fingerprint density at radius 2 is 2.00 bits per heavy atom. The number of aliphatic hydroxyl groups is 1. The molecule has 0 aromatic carbocycles. The zero-order chi connectivity index (χ0) is 13.7. The summed E-state index contributed by atoms with van der Waals surface area (Å²) in [6, 6.07) is 0.314. The number of anilines is 2. The van der Waals surface area contributed by atoms with Gasteiger partial charge in [0.2, 0.25) is 0 Å². The van der Waals surface area contributed by atoms with Gasteiger partial charge in [0.1, 0.15) is 17.5 Å². The van der Waals surface area contributed by atoms with E-state index >= 15 is 0 Å². The number of nitrogens with zero attached hydrogens (tertiary/aromatic N) is 3. The molecule has 0 fully saturated rings. The summed E-state index contributed by atoms with van der Waals surface area (Å²) in [5.41, 5.74) is 6.85. The molecule has 5 heteroatoms. The van der Waals surface area contributed by atoms with Crippen LogP contribution in [0.3, 0.4) is 0 Å². The third kappa shape index (κ3) is 3.32. The van der Waals surface area contributed by atoms with E-state index < -0.39 is 0 Å². The third-order valence-electron chi connectivity index (χ3n) is 2.97. The Kier molecular flexibility index (Phi) is 5.34. The predicted molar refractivity (Wildman–Crippen MR) is 74.7 cm³/mol. The fraction of sp³-hybridized carbons (Fsp3) is 0.692. The minimum absolute atomic E-state index is 0.184. The minimum Gasteiger partial charge on any atom is -0.396 e. The van der Waals surface area contributed by atoms with E-state index in [1.165, 1.54) is 0 Å². The van der Waals surface area contributed by atoms with Gasteiger partial charge in [0, 0.05) is 31.2 Å². The molecule has 1 heterocycles. The molecule has 0 unspecified atom stereocenters. The lowest BCUT2D eigenvalue weighted by Gasteiger charge is -2.29. The maximum Gasteiger partial charge on any atom is 0.137 e. The summed E-state index contributed by atoms with van der Waals surface area (Å²) in [4.78, 5) is 11.0. The fourth-order valence-corrected chi connectivity index (χ4v) is 1.86. The first-order chi connectivity index (χ1) is 8.51. The standard InChI is InChI=1S/C13H24N4O/c1-5-11-15-12(14)10(4)13(16-11)17(9(2)3)7-6-8-18/h9,18H,5-8H2,1-4H3,(H2,14,15,16). The number of rotatable bonds is 6. The normalized spacial score (nSPS) is 11.0. The SMILES string of the molecule is CCc1nc(N)c(C)c(N(CCCO)C(C)C)n1. The zero-order valence-electron chi connectivity index (χ0n) is 11.8. The molecule has 0 amide bonds. The first-order valence-corrected chi connectivity index (χ1v) is 6.51. The summed E-state index contributed by atoms with van der Waals surface area (Å²) in [6.07, 6.45) is 1.49. The van der Waals surface area contributed by atoms with Gasteiger partial charge in [0.15, 0.2) is 0 Å². The van der Waals surface area contributed by atoms with Crippen molar-refractivity contribution in [3.8, 4) is 0 Å². The third-order valence-corrected chi connectivity index (χ3v) is 2.97. The Hall–Kier alpha value is -1.36. The van der Waals surface area contributed by atoms with Crippen molar-refractivity contribution in [3.05, 3.63) is 11.4 Å². The molecule has 0 aliphatic rings. The quantitative estimate of drug-likeness (QED) is 0.803. The van der Waals surface area contributed by atoms with Gasteiger partial charge in [-0.2, -0.15) is 0 Å². The van der Waals surface area contributed by atoms with Crippen LogP contribution in [0.1, 0.15) is 38.6 Å². The smallest absolute Gasteiger partial charge is 0.137 e. The highest BCUT2D eigenvalue weighted by atomic mass is 16.3. The van der Waals surface area contributed by atoms with E-state index in [0.29, 0.717) is 11.9 Å². The monoisotopic (exact) mass is 252 g/mol. The number of aromatic nitrogens is 2. The Labute approximate surface area is 109 Å². The lowest BCUT2D eigenvalue weighted by atomic mass is 10.2. The van der Waals surface area contributed by atoms with E-state index in [0.717, 1.165) is 36.6 Å². The molecule has 1 aromatic rings. The summed E-state index contributed by atoms with van der Waals surface area (Å²) in [5, 5.41) is 8.98. The summed E-state index contributed by atoms with van der Waals surface area (Å²) >= 11 is 0. The van der Waals surface area contributed by atoms with Gasteiger partial charge < -0.3 is 15.7 Å². The van der Waals surface area contributed by atoms with Crippen molar-refractivity contribution in [2.45, 2.75) is 46.6 Å². The fourth-order valence-electron chi connectivity index (χ4n) is 1.86. The Morgan fingerprint density at radius 3 is 2.50 bits per heavy atom. The second-order valence-corrected chi connectivity index (χ2v) is 4.69. The van der Waals surface area contributed by atoms with Gasteiger partial charge in [-0.3, -0.25) is 0 Å². The van der Waals surface area contributed by atoms with Crippen LogP contribution in [0.15, 0.2) is 0 Å². The largest absolute Gasteiger partial charge is 0.396 e. The van der Waals surface area contributed by atoms with Gasteiger partial charge in [0.25, 0.3) is 0 Å². The van der Waals surface area contributed by atoms with E-state index in [1.54, 1.807) is 0 Å². The molecule has 0 saturated carbocycles. The molecule has 102 valence electrons. The molecule has 0 aliphatic heterocycles. The highest BCUT2D eigenvalue weighted by Crippen LogP contribution is 2.23. The molecule has 1 aromatic heterocycles. The van der Waals surface area contributed by atoms with Crippen LogP contribution >= 0.6 is 0 Å². The van der Waals surface area contributed by atoms with Crippen molar-refractivity contribution in [2.75, 3.05) is 23.8 Å². The van der Waals surface area contributed by atoms with Gasteiger partial charge in [-0.25, -0.2) is 9.97 Å². The van der Waals surface area contributed by atoms with E-state index in [2.05, 4.69) is 28.7 Å². The number of hydrogen-bond acceptors (Lipinski definition) is 5. The maximum absolute atomic E-state index is 8.98. The highest BCUT2D eigenvalue weighted by Gasteiger charge is 2.17. The Morgan fingerprint density at radius 1 is 1.33 bits per heavy atom. The Balaban J connectivity index is 3.13. The van der Waals surface area contributed by atoms with Crippen molar-refractivity contribution >= 4 is 11.6 Å². The molecule has 0 atom stereocenters. The van der Waals surface area contributed by atoms with E-state index in [1.807, 2.05) is 13.8 Å². The molecule has 0 radical (unpaired) electrons. The molecule has 0 spiro atoms. The lowest BCUT2D eigenvalue weighted by molar-refractivity contribution is 0.288. The summed E-state index contributed by atoms with van der Waals surface area (Å²) < 4.78 is 0. The van der Waals surface area contributed by atoms with Crippen LogP contribution in [-0.2, 0) is 6.42 Å². The van der Waals surface area contributed by atoms with Gasteiger partial charge in [-0.05, 0) is 27.2 Å². The molecular weight excluding hydrogens is 228 g/mol. The van der Waals surface area contributed by atoms with Crippen LogP contribution in [0.4, 0.5) is 11.6 Å². The average molecular weight is 252 g/mol. The molecule has 0 saturated heterocycles. The Bertz CT molecular complexity index is 393. The first-order valence-electron chi connectivity index (χ1n) is 6.51. The summed E-state index contributed by atoms with van der Waals surface area (Å²) in [5.74, 6) is 2.21. The number of aryl methyl sites for hydroxylation is 1. The van der Waals surface area contributed by atoms with E-state index in [9.17, 15) is 0 Å². The molecule has 3 N–H and O–H groups in total. The molecule has 0 bridgehead atoms. The summed E-state index contributed by atoms with van der Waals surface area (Å²) in [7, 11) is 0. The van der Waals surface area contributed by atoms with Crippen molar-refractivity contribution in [1.29, 1.82) is 0 Å². The maximum atomic E-state index is 8.98. The molecular formula is C13H24N4O. The van der Waals surface area contributed by atoms with Crippen molar-refractivity contribution in [1.82, 2.24) is 9.97 Å². The van der Waals surface area contributed by atoms with Crippen molar-refractivity contribution in [2.24, 2.45) is 0 Å². The second-order valence-electron chi connectivity index (χ2n) is 4.69. The van der Waals surface area contributed by atoms with Crippen LogP contribution < -0.4 is 10.6 Å². The molecule has 18 heavy (non-hydrogen) atoms. The van der Waals surface area contributed by atoms with Crippen LogP contribution in [0.2, 0.25) is 0 Å². The average Bonchev–Trinajstić information content (AvgIpc) is 2.34. The second kappa shape index (κ2) is 6.54. The zero-order valence-corrected chi connectivity index (χ0v) is 11.8. The predicted octanol–water partition coefficient (Wildman–Crippen LogP) is 1.53. The van der Waals surface area contributed by atoms with Crippen molar-refractivity contribution in [3.63, 3.8) is 0 Å². The van der Waals surface area contributed by atoms with E-state index in [-0.39, 0.29) is 6.61 Å². The molecule has 5 nitrogen and oxygen atoms in total. The topological polar surface area (TPSA) is 75.3 Å². The van der Waals surface area contributed by atoms with Crippen molar-refractivity contribution < 1.29 is 5.11 Å².